The summed E-state index contributed by atoms with van der Waals surface area (Å²) in [6, 6.07) is 0. The highest BCUT2D eigenvalue weighted by atomic mass is 17.1. The van der Waals surface area contributed by atoms with Gasteiger partial charge in [0.05, 0.1) is 6.10 Å². The lowest BCUT2D eigenvalue weighted by Crippen LogP contribution is -2.63. The summed E-state index contributed by atoms with van der Waals surface area (Å²) < 4.78 is 0. The standard InChI is InChI=1S/C30H50O3/c1-20(10-9-16-26(2,3)33-32)21-13-18-29(7)22(21)11-12-24-28(6)17-15-25(31)27(4,5)23(28)14-19-30(24,29)8/h9,16,21-25,31-32H,1,10-15,17-19H2,2-8H3/b16-9+/t21-,22-,23+,24-,25+,28+,29-,30-/m1/s1. The van der Waals surface area contributed by atoms with Gasteiger partial charge in [-0.05, 0) is 117 Å². The average Bonchev–Trinajstić information content (AvgIpc) is 3.09. The number of fused-ring (bicyclic) bond motifs is 5. The first-order chi connectivity index (χ1) is 15.2. The summed E-state index contributed by atoms with van der Waals surface area (Å²) in [7, 11) is 0. The van der Waals surface area contributed by atoms with Crippen LogP contribution in [0.2, 0.25) is 0 Å². The molecule has 4 aliphatic rings. The van der Waals surface area contributed by atoms with Gasteiger partial charge in [0.25, 0.3) is 0 Å². The second kappa shape index (κ2) is 8.20. The van der Waals surface area contributed by atoms with Crippen LogP contribution < -0.4 is 0 Å². The Labute approximate surface area is 203 Å². The summed E-state index contributed by atoms with van der Waals surface area (Å²) in [6.07, 6.45) is 14.8. The van der Waals surface area contributed by atoms with Gasteiger partial charge in [0.1, 0.15) is 5.60 Å². The smallest absolute Gasteiger partial charge is 0.116 e. The molecule has 0 saturated heterocycles. The number of hydrogen-bond donors (Lipinski definition) is 2. The Morgan fingerprint density at radius 3 is 2.27 bits per heavy atom. The van der Waals surface area contributed by atoms with Crippen LogP contribution in [0.4, 0.5) is 0 Å². The van der Waals surface area contributed by atoms with Crippen molar-refractivity contribution in [1.82, 2.24) is 0 Å². The van der Waals surface area contributed by atoms with Crippen molar-refractivity contribution in [2.75, 3.05) is 0 Å². The molecule has 4 rings (SSSR count). The summed E-state index contributed by atoms with van der Waals surface area (Å²) in [6.45, 7) is 20.8. The lowest BCUT2D eigenvalue weighted by molar-refractivity contribution is -0.297. The summed E-state index contributed by atoms with van der Waals surface area (Å²) >= 11 is 0. The fourth-order valence-electron chi connectivity index (χ4n) is 9.90. The first-order valence-corrected chi connectivity index (χ1v) is 13.6. The number of rotatable bonds is 5. The summed E-state index contributed by atoms with van der Waals surface area (Å²) in [5.74, 6) is 2.71. The Morgan fingerprint density at radius 1 is 0.939 bits per heavy atom. The van der Waals surface area contributed by atoms with E-state index in [4.69, 9.17) is 5.26 Å². The second-order valence-electron chi connectivity index (χ2n) is 14.1. The van der Waals surface area contributed by atoms with Gasteiger partial charge in [-0.1, -0.05) is 58.9 Å². The molecule has 0 radical (unpaired) electrons. The second-order valence-corrected chi connectivity index (χ2v) is 14.1. The van der Waals surface area contributed by atoms with E-state index in [1.807, 2.05) is 19.9 Å². The van der Waals surface area contributed by atoms with E-state index >= 15 is 0 Å². The highest BCUT2D eigenvalue weighted by molar-refractivity contribution is 5.21. The molecule has 0 amide bonds. The highest BCUT2D eigenvalue weighted by Gasteiger charge is 2.68. The molecule has 0 unspecified atom stereocenters. The third-order valence-corrected chi connectivity index (χ3v) is 12.0. The van der Waals surface area contributed by atoms with Gasteiger partial charge in [0.15, 0.2) is 0 Å². The topological polar surface area (TPSA) is 49.7 Å². The van der Waals surface area contributed by atoms with Crippen molar-refractivity contribution in [2.45, 2.75) is 118 Å². The molecule has 0 aromatic heterocycles. The monoisotopic (exact) mass is 458 g/mol. The molecule has 0 aromatic carbocycles. The Bertz CT molecular complexity index is 796. The van der Waals surface area contributed by atoms with E-state index in [0.29, 0.717) is 28.1 Å². The van der Waals surface area contributed by atoms with E-state index in [1.165, 1.54) is 50.5 Å². The van der Waals surface area contributed by atoms with Crippen molar-refractivity contribution >= 4 is 0 Å². The highest BCUT2D eigenvalue weighted by Crippen LogP contribution is 2.75. The van der Waals surface area contributed by atoms with Crippen LogP contribution in [0.1, 0.15) is 106 Å². The van der Waals surface area contributed by atoms with Crippen LogP contribution in [0.3, 0.4) is 0 Å². The van der Waals surface area contributed by atoms with Crippen molar-refractivity contribution < 1.29 is 15.3 Å². The molecular formula is C30H50O3. The first-order valence-electron chi connectivity index (χ1n) is 13.6. The van der Waals surface area contributed by atoms with Gasteiger partial charge in [-0.3, -0.25) is 5.26 Å². The van der Waals surface area contributed by atoms with Gasteiger partial charge >= 0.3 is 0 Å². The van der Waals surface area contributed by atoms with E-state index in [1.54, 1.807) is 0 Å². The lowest BCUT2D eigenvalue weighted by atomic mass is 9.35. The first kappa shape index (κ1) is 25.5. The zero-order valence-corrected chi connectivity index (χ0v) is 22.4. The predicted octanol–water partition coefficient (Wildman–Crippen LogP) is 7.80. The summed E-state index contributed by atoms with van der Waals surface area (Å²) in [4.78, 5) is 4.56. The Balaban J connectivity index is 1.56. The van der Waals surface area contributed by atoms with Crippen LogP contribution in [0.5, 0.6) is 0 Å². The van der Waals surface area contributed by atoms with Gasteiger partial charge in [0.2, 0.25) is 0 Å². The third-order valence-electron chi connectivity index (χ3n) is 12.0. The van der Waals surface area contributed by atoms with Crippen LogP contribution in [-0.2, 0) is 4.89 Å². The molecule has 3 heteroatoms. The average molecular weight is 459 g/mol. The Morgan fingerprint density at radius 2 is 1.61 bits per heavy atom. The van der Waals surface area contributed by atoms with Gasteiger partial charge in [0, 0.05) is 0 Å². The Kier molecular flexibility index (Phi) is 6.33. The van der Waals surface area contributed by atoms with Crippen LogP contribution in [-0.4, -0.2) is 22.1 Å². The van der Waals surface area contributed by atoms with Gasteiger partial charge < -0.3 is 5.11 Å². The van der Waals surface area contributed by atoms with Crippen LogP contribution in [0, 0.1) is 45.3 Å². The number of allylic oxidation sites excluding steroid dienone is 2. The number of aliphatic hydroxyl groups excluding tert-OH is 1. The molecule has 0 spiro atoms. The molecule has 3 nitrogen and oxygen atoms in total. The molecule has 0 heterocycles. The van der Waals surface area contributed by atoms with Gasteiger partial charge in [-0.15, -0.1) is 0 Å². The fourth-order valence-corrected chi connectivity index (χ4v) is 9.90. The largest absolute Gasteiger partial charge is 0.393 e. The quantitative estimate of drug-likeness (QED) is 0.251. The molecule has 2 N–H and O–H groups in total. The molecule has 188 valence electrons. The normalized spacial score (nSPS) is 47.1. The van der Waals surface area contributed by atoms with Crippen molar-refractivity contribution in [2.24, 2.45) is 45.3 Å². The van der Waals surface area contributed by atoms with E-state index in [0.717, 1.165) is 24.7 Å². The summed E-state index contributed by atoms with van der Waals surface area (Å²) in [5, 5.41) is 19.9. The molecule has 4 fully saturated rings. The van der Waals surface area contributed by atoms with E-state index < -0.39 is 5.60 Å². The lowest BCUT2D eigenvalue weighted by Gasteiger charge is -2.69. The maximum Gasteiger partial charge on any atom is 0.116 e. The minimum absolute atomic E-state index is 0.0248. The number of aliphatic hydroxyl groups is 1. The van der Waals surface area contributed by atoms with E-state index in [-0.39, 0.29) is 11.5 Å². The molecule has 4 saturated carbocycles. The van der Waals surface area contributed by atoms with Crippen LogP contribution in [0.25, 0.3) is 0 Å². The third kappa shape index (κ3) is 3.71. The van der Waals surface area contributed by atoms with Crippen LogP contribution >= 0.6 is 0 Å². The molecule has 33 heavy (non-hydrogen) atoms. The van der Waals surface area contributed by atoms with Crippen molar-refractivity contribution in [3.05, 3.63) is 24.3 Å². The molecule has 0 aromatic rings. The fraction of sp³-hybridized carbons (Fsp3) is 0.867. The summed E-state index contributed by atoms with van der Waals surface area (Å²) in [5.41, 5.74) is 1.82. The van der Waals surface area contributed by atoms with Crippen LogP contribution in [0.15, 0.2) is 24.3 Å². The van der Waals surface area contributed by atoms with Crippen molar-refractivity contribution in [1.29, 1.82) is 0 Å². The number of hydrogen-bond acceptors (Lipinski definition) is 3. The zero-order chi connectivity index (χ0) is 24.4. The minimum Gasteiger partial charge on any atom is -0.393 e. The molecule has 0 aliphatic heterocycles. The zero-order valence-electron chi connectivity index (χ0n) is 22.4. The molecule has 0 bridgehead atoms. The maximum atomic E-state index is 10.8. The van der Waals surface area contributed by atoms with Crippen molar-refractivity contribution in [3.8, 4) is 0 Å². The van der Waals surface area contributed by atoms with Gasteiger partial charge in [-0.25, -0.2) is 4.89 Å². The maximum absolute atomic E-state index is 10.8. The van der Waals surface area contributed by atoms with Crippen molar-refractivity contribution in [3.63, 3.8) is 0 Å². The molecular weight excluding hydrogens is 408 g/mol. The predicted molar refractivity (Wildman–Crippen MR) is 136 cm³/mol. The van der Waals surface area contributed by atoms with E-state index in [2.05, 4.69) is 52.2 Å². The Hall–Kier alpha value is -0.640. The van der Waals surface area contributed by atoms with Gasteiger partial charge in [-0.2, -0.15) is 0 Å². The SMILES string of the molecule is C=C(C/C=C/C(C)(C)OO)[C@H]1CC[C@]2(C)[C@@H]1CC[C@@H]1[C@@]3(C)CC[C@H](O)C(C)(C)[C@@H]3CC[C@]12C. The van der Waals surface area contributed by atoms with E-state index in [9.17, 15) is 5.11 Å². The minimum atomic E-state index is -0.647. The molecule has 4 aliphatic carbocycles. The molecule has 8 atom stereocenters.